The number of nitrogens with two attached hydrogens (primary N) is 2. The van der Waals surface area contributed by atoms with Crippen LogP contribution in [0, 0.1) is 0 Å². The molecule has 7 nitrogen and oxygen atoms in total. The van der Waals surface area contributed by atoms with Crippen molar-refractivity contribution < 1.29 is 4.79 Å². The van der Waals surface area contributed by atoms with Gasteiger partial charge in [-0.15, -0.1) is 0 Å². The first-order valence-electron chi connectivity index (χ1n) is 4.95. The second-order valence-corrected chi connectivity index (χ2v) is 4.69. The highest BCUT2D eigenvalue weighted by molar-refractivity contribution is 8.13. The van der Waals surface area contributed by atoms with Crippen LogP contribution in [0.15, 0.2) is 6.33 Å². The van der Waals surface area contributed by atoms with Crippen LogP contribution < -0.4 is 11.5 Å². The third-order valence-corrected chi connectivity index (χ3v) is 2.94. The number of fused-ring (bicyclic) bond motifs is 1. The summed E-state index contributed by atoms with van der Waals surface area (Å²) < 4.78 is 1.81. The number of hydrogen-bond acceptors (Lipinski definition) is 7. The zero-order chi connectivity index (χ0) is 12.4. The number of aryl methyl sites for hydroxylation is 1. The fourth-order valence-electron chi connectivity index (χ4n) is 1.43. The van der Waals surface area contributed by atoms with Crippen molar-refractivity contribution in [1.82, 2.24) is 19.5 Å². The van der Waals surface area contributed by atoms with E-state index in [-0.39, 0.29) is 16.9 Å². The highest BCUT2D eigenvalue weighted by atomic mass is 32.2. The van der Waals surface area contributed by atoms with Crippen molar-refractivity contribution in [3.8, 4) is 0 Å². The van der Waals surface area contributed by atoms with Crippen LogP contribution in [0.2, 0.25) is 0 Å². The molecule has 0 spiro atoms. The number of aromatic nitrogens is 4. The number of anilines is 2. The molecule has 0 unspecified atom stereocenters. The van der Waals surface area contributed by atoms with Crippen molar-refractivity contribution in [2.45, 2.75) is 13.5 Å². The van der Waals surface area contributed by atoms with Crippen LogP contribution >= 0.6 is 11.8 Å². The first-order valence-corrected chi connectivity index (χ1v) is 5.93. The lowest BCUT2D eigenvalue weighted by Crippen LogP contribution is -2.05. The standard InChI is InChI=1S/C9H12N6OS/c1-5(16)17-3-2-15-4-12-6-7(10)13-9(11)14-8(6)15/h4H,2-3H2,1H3,(H4,10,11,13,14). The molecule has 4 N–H and O–H groups in total. The molecule has 0 saturated heterocycles. The molecule has 8 heteroatoms. The van der Waals surface area contributed by atoms with E-state index >= 15 is 0 Å². The number of carbonyl (C=O) groups is 1. The van der Waals surface area contributed by atoms with E-state index in [0.29, 0.717) is 23.5 Å². The molecule has 0 aromatic carbocycles. The van der Waals surface area contributed by atoms with E-state index in [0.717, 1.165) is 0 Å². The van der Waals surface area contributed by atoms with Crippen LogP contribution in [-0.4, -0.2) is 30.4 Å². The smallest absolute Gasteiger partial charge is 0.224 e. The van der Waals surface area contributed by atoms with Crippen molar-refractivity contribution in [2.75, 3.05) is 17.2 Å². The molecule has 0 fully saturated rings. The maximum atomic E-state index is 10.8. The summed E-state index contributed by atoms with van der Waals surface area (Å²) in [5.74, 6) is 1.05. The average molecular weight is 252 g/mol. The van der Waals surface area contributed by atoms with Crippen LogP contribution in [-0.2, 0) is 11.3 Å². The largest absolute Gasteiger partial charge is 0.382 e. The van der Waals surface area contributed by atoms with Gasteiger partial charge in [0.05, 0.1) is 6.33 Å². The van der Waals surface area contributed by atoms with E-state index in [2.05, 4.69) is 15.0 Å². The van der Waals surface area contributed by atoms with Gasteiger partial charge in [-0.3, -0.25) is 4.79 Å². The second kappa shape index (κ2) is 4.58. The second-order valence-electron chi connectivity index (χ2n) is 3.42. The normalized spacial score (nSPS) is 10.9. The summed E-state index contributed by atoms with van der Waals surface area (Å²) in [5.41, 5.74) is 12.3. The van der Waals surface area contributed by atoms with Gasteiger partial charge in [0.2, 0.25) is 5.95 Å². The number of carbonyl (C=O) groups excluding carboxylic acids is 1. The Balaban J connectivity index is 2.26. The lowest BCUT2D eigenvalue weighted by molar-refractivity contribution is -0.109. The van der Waals surface area contributed by atoms with E-state index in [1.165, 1.54) is 18.7 Å². The van der Waals surface area contributed by atoms with Crippen LogP contribution in [0.3, 0.4) is 0 Å². The van der Waals surface area contributed by atoms with Crippen LogP contribution in [0.5, 0.6) is 0 Å². The summed E-state index contributed by atoms with van der Waals surface area (Å²) in [6.45, 7) is 2.16. The Bertz CT molecular complexity index is 566. The molecule has 0 radical (unpaired) electrons. The molecule has 0 saturated carbocycles. The fraction of sp³-hybridized carbons (Fsp3) is 0.333. The van der Waals surface area contributed by atoms with Gasteiger partial charge in [-0.2, -0.15) is 9.97 Å². The summed E-state index contributed by atoms with van der Waals surface area (Å²) in [6, 6.07) is 0. The predicted octanol–water partition coefficient (Wildman–Crippen LogP) is 0.270. The maximum Gasteiger partial charge on any atom is 0.224 e. The Kier molecular flexibility index (Phi) is 3.14. The molecule has 17 heavy (non-hydrogen) atoms. The minimum absolute atomic E-state index is 0.0862. The van der Waals surface area contributed by atoms with Gasteiger partial charge in [0.15, 0.2) is 16.6 Å². The lowest BCUT2D eigenvalue weighted by atomic mass is 10.5. The van der Waals surface area contributed by atoms with Crippen molar-refractivity contribution in [2.24, 2.45) is 0 Å². The van der Waals surface area contributed by atoms with Gasteiger partial charge < -0.3 is 16.0 Å². The first kappa shape index (κ1) is 11.6. The lowest BCUT2D eigenvalue weighted by Gasteiger charge is -2.03. The summed E-state index contributed by atoms with van der Waals surface area (Å²) in [4.78, 5) is 22.9. The van der Waals surface area contributed by atoms with Gasteiger partial charge in [0.1, 0.15) is 5.52 Å². The highest BCUT2D eigenvalue weighted by Crippen LogP contribution is 2.17. The number of nitrogens with zero attached hydrogens (tertiary/aromatic N) is 4. The molecule has 0 amide bonds. The van der Waals surface area contributed by atoms with Gasteiger partial charge in [0, 0.05) is 19.2 Å². The molecular formula is C9H12N6OS. The molecule has 0 aliphatic rings. The number of imidazole rings is 1. The summed E-state index contributed by atoms with van der Waals surface area (Å²) >= 11 is 1.25. The van der Waals surface area contributed by atoms with Gasteiger partial charge >= 0.3 is 0 Å². The third kappa shape index (κ3) is 2.47. The first-order chi connectivity index (χ1) is 8.08. The van der Waals surface area contributed by atoms with Gasteiger partial charge in [-0.1, -0.05) is 11.8 Å². The summed E-state index contributed by atoms with van der Waals surface area (Å²) in [6.07, 6.45) is 1.62. The summed E-state index contributed by atoms with van der Waals surface area (Å²) in [5, 5.41) is 0.0862. The Morgan fingerprint density at radius 3 is 2.94 bits per heavy atom. The number of nitrogen functional groups attached to an aromatic ring is 2. The SMILES string of the molecule is CC(=O)SCCn1cnc2c(N)nc(N)nc21. The minimum atomic E-state index is 0.0862. The molecule has 0 bridgehead atoms. The Labute approximate surface area is 102 Å². The molecule has 2 aromatic rings. The quantitative estimate of drug-likeness (QED) is 0.806. The molecule has 90 valence electrons. The Hall–Kier alpha value is -1.83. The van der Waals surface area contributed by atoms with Crippen molar-refractivity contribution >= 4 is 39.8 Å². The molecular weight excluding hydrogens is 240 g/mol. The average Bonchev–Trinajstić information content (AvgIpc) is 2.61. The highest BCUT2D eigenvalue weighted by Gasteiger charge is 2.09. The third-order valence-electron chi connectivity index (χ3n) is 2.15. The molecule has 0 aliphatic heterocycles. The number of rotatable bonds is 3. The van der Waals surface area contributed by atoms with Gasteiger partial charge in [0.25, 0.3) is 0 Å². The van der Waals surface area contributed by atoms with Crippen molar-refractivity contribution in [3.63, 3.8) is 0 Å². The van der Waals surface area contributed by atoms with Gasteiger partial charge in [-0.05, 0) is 0 Å². The molecule has 2 heterocycles. The Morgan fingerprint density at radius 1 is 1.47 bits per heavy atom. The predicted molar refractivity (Wildman–Crippen MR) is 67.3 cm³/mol. The zero-order valence-corrected chi connectivity index (χ0v) is 10.1. The minimum Gasteiger partial charge on any atom is -0.382 e. The van der Waals surface area contributed by atoms with E-state index in [4.69, 9.17) is 11.5 Å². The van der Waals surface area contributed by atoms with Crippen LogP contribution in [0.1, 0.15) is 6.92 Å². The van der Waals surface area contributed by atoms with Crippen LogP contribution in [0.4, 0.5) is 11.8 Å². The van der Waals surface area contributed by atoms with Gasteiger partial charge in [-0.25, -0.2) is 4.98 Å². The zero-order valence-electron chi connectivity index (χ0n) is 9.25. The molecule has 0 atom stereocenters. The molecule has 2 rings (SSSR count). The Morgan fingerprint density at radius 2 is 2.24 bits per heavy atom. The topological polar surface area (TPSA) is 113 Å². The summed E-state index contributed by atoms with van der Waals surface area (Å²) in [7, 11) is 0. The van der Waals surface area contributed by atoms with E-state index in [1.54, 1.807) is 10.9 Å². The fourth-order valence-corrected chi connectivity index (χ4v) is 2.01. The van der Waals surface area contributed by atoms with E-state index in [9.17, 15) is 4.79 Å². The molecule has 2 aromatic heterocycles. The van der Waals surface area contributed by atoms with E-state index in [1.807, 2.05) is 0 Å². The maximum absolute atomic E-state index is 10.8. The van der Waals surface area contributed by atoms with Crippen molar-refractivity contribution in [1.29, 1.82) is 0 Å². The molecule has 0 aliphatic carbocycles. The van der Waals surface area contributed by atoms with Crippen molar-refractivity contribution in [3.05, 3.63) is 6.33 Å². The van der Waals surface area contributed by atoms with Crippen LogP contribution in [0.25, 0.3) is 11.2 Å². The monoisotopic (exact) mass is 252 g/mol. The number of thioether (sulfide) groups is 1. The number of hydrogen-bond donors (Lipinski definition) is 2. The van der Waals surface area contributed by atoms with E-state index < -0.39 is 0 Å².